The molecule has 2 aromatic rings. The Morgan fingerprint density at radius 3 is 2.74 bits per heavy atom. The van der Waals surface area contributed by atoms with Gasteiger partial charge in [-0.25, -0.2) is 0 Å². The van der Waals surface area contributed by atoms with E-state index < -0.39 is 0 Å². The maximum Gasteiger partial charge on any atom is 0.252 e. The second-order valence-electron chi connectivity index (χ2n) is 6.68. The highest BCUT2D eigenvalue weighted by Gasteiger charge is 2.30. The molecule has 23 heavy (non-hydrogen) atoms. The minimum absolute atomic E-state index is 0.0661. The molecule has 1 aliphatic rings. The fraction of sp³-hybridized carbons (Fsp3) is 0.368. The zero-order valence-electron chi connectivity index (χ0n) is 13.7. The Morgan fingerprint density at radius 1 is 1.22 bits per heavy atom. The van der Waals surface area contributed by atoms with Gasteiger partial charge in [-0.3, -0.25) is 14.7 Å². The average molecular weight is 309 g/mol. The Balaban J connectivity index is 1.62. The highest BCUT2D eigenvalue weighted by molar-refractivity contribution is 5.93. The summed E-state index contributed by atoms with van der Waals surface area (Å²) in [6.45, 7) is 6.94. The maximum absolute atomic E-state index is 12.2. The molecular weight excluding hydrogens is 286 g/mol. The van der Waals surface area contributed by atoms with Gasteiger partial charge in [0.15, 0.2) is 0 Å². The molecular formula is C19H23N3O. The third-order valence-electron chi connectivity index (χ3n) is 4.59. The molecule has 1 aromatic carbocycles. The molecule has 0 spiro atoms. The van der Waals surface area contributed by atoms with Crippen LogP contribution in [-0.4, -0.2) is 34.4 Å². The van der Waals surface area contributed by atoms with Gasteiger partial charge < -0.3 is 5.32 Å². The largest absolute Gasteiger partial charge is 0.350 e. The number of carbonyl (C=O) groups excluding carboxylic acids is 1. The molecule has 1 aliphatic heterocycles. The predicted molar refractivity (Wildman–Crippen MR) is 91.2 cm³/mol. The first-order valence-corrected chi connectivity index (χ1v) is 8.06. The van der Waals surface area contributed by atoms with Gasteiger partial charge in [-0.15, -0.1) is 0 Å². The van der Waals surface area contributed by atoms with Crippen molar-refractivity contribution in [3.63, 3.8) is 0 Å². The van der Waals surface area contributed by atoms with Gasteiger partial charge in [0.1, 0.15) is 0 Å². The topological polar surface area (TPSA) is 45.2 Å². The van der Waals surface area contributed by atoms with Crippen molar-refractivity contribution in [2.45, 2.75) is 32.4 Å². The Labute approximate surface area is 137 Å². The molecule has 3 rings (SSSR count). The summed E-state index contributed by atoms with van der Waals surface area (Å²) >= 11 is 0. The second-order valence-corrected chi connectivity index (χ2v) is 6.68. The quantitative estimate of drug-likeness (QED) is 0.944. The lowest BCUT2D eigenvalue weighted by Crippen LogP contribution is -2.53. The smallest absolute Gasteiger partial charge is 0.252 e. The minimum Gasteiger partial charge on any atom is -0.350 e. The van der Waals surface area contributed by atoms with Gasteiger partial charge in [-0.2, -0.15) is 0 Å². The van der Waals surface area contributed by atoms with Crippen molar-refractivity contribution >= 4 is 5.91 Å². The van der Waals surface area contributed by atoms with Crippen LogP contribution >= 0.6 is 0 Å². The molecule has 0 saturated heterocycles. The molecule has 0 fully saturated rings. The van der Waals surface area contributed by atoms with Crippen molar-refractivity contribution < 1.29 is 4.79 Å². The van der Waals surface area contributed by atoms with Crippen molar-refractivity contribution in [1.29, 1.82) is 0 Å². The molecule has 0 saturated carbocycles. The first-order valence-electron chi connectivity index (χ1n) is 8.06. The monoisotopic (exact) mass is 309 g/mol. The summed E-state index contributed by atoms with van der Waals surface area (Å²) in [4.78, 5) is 18.6. The minimum atomic E-state index is -0.0919. The number of rotatable bonds is 4. The van der Waals surface area contributed by atoms with E-state index in [2.05, 4.69) is 53.3 Å². The molecule has 0 atom stereocenters. The van der Waals surface area contributed by atoms with Crippen LogP contribution in [0.25, 0.3) is 0 Å². The van der Waals surface area contributed by atoms with E-state index in [9.17, 15) is 4.79 Å². The Hall–Kier alpha value is -2.20. The molecule has 1 amide bonds. The fourth-order valence-corrected chi connectivity index (χ4v) is 3.02. The van der Waals surface area contributed by atoms with E-state index in [0.717, 1.165) is 19.5 Å². The van der Waals surface area contributed by atoms with Crippen LogP contribution in [0.5, 0.6) is 0 Å². The van der Waals surface area contributed by atoms with Crippen LogP contribution in [0, 0.1) is 0 Å². The fourth-order valence-electron chi connectivity index (χ4n) is 3.02. The van der Waals surface area contributed by atoms with Crippen LogP contribution in [0.15, 0.2) is 48.8 Å². The Bertz CT molecular complexity index is 682. The molecule has 4 nitrogen and oxygen atoms in total. The number of hydrogen-bond acceptors (Lipinski definition) is 3. The summed E-state index contributed by atoms with van der Waals surface area (Å²) in [6, 6.07) is 12.2. The lowest BCUT2D eigenvalue weighted by atomic mass is 9.94. The number of aromatic nitrogens is 1. The van der Waals surface area contributed by atoms with Crippen LogP contribution in [0.1, 0.15) is 35.3 Å². The summed E-state index contributed by atoms with van der Waals surface area (Å²) in [6.07, 6.45) is 4.33. The lowest BCUT2D eigenvalue weighted by Gasteiger charge is -2.41. The van der Waals surface area contributed by atoms with Gasteiger partial charge in [-0.1, -0.05) is 24.3 Å². The molecule has 2 heterocycles. The third-order valence-corrected chi connectivity index (χ3v) is 4.59. The Kier molecular flexibility index (Phi) is 4.44. The van der Waals surface area contributed by atoms with Gasteiger partial charge in [0.05, 0.1) is 5.56 Å². The zero-order valence-corrected chi connectivity index (χ0v) is 13.7. The van der Waals surface area contributed by atoms with E-state index in [0.29, 0.717) is 12.1 Å². The van der Waals surface area contributed by atoms with Crippen LogP contribution in [0.2, 0.25) is 0 Å². The molecule has 1 aromatic heterocycles. The molecule has 1 N–H and O–H groups in total. The zero-order chi connectivity index (χ0) is 16.3. The van der Waals surface area contributed by atoms with Gasteiger partial charge >= 0.3 is 0 Å². The van der Waals surface area contributed by atoms with E-state index in [1.807, 2.05) is 0 Å². The number of carbonyl (C=O) groups is 1. The van der Waals surface area contributed by atoms with Gasteiger partial charge in [-0.05, 0) is 43.5 Å². The van der Waals surface area contributed by atoms with Crippen LogP contribution < -0.4 is 5.32 Å². The number of fused-ring (bicyclic) bond motifs is 1. The van der Waals surface area contributed by atoms with Crippen LogP contribution in [-0.2, 0) is 13.0 Å². The average Bonchev–Trinajstić information content (AvgIpc) is 2.60. The standard InChI is InChI=1S/C19H23N3O/c1-19(2,14-21-18(23)16-8-5-10-20-12-16)22-11-9-15-6-3-4-7-17(15)13-22/h3-8,10,12H,9,11,13-14H2,1-2H3,(H,21,23). The van der Waals surface area contributed by atoms with Crippen LogP contribution in [0.3, 0.4) is 0 Å². The van der Waals surface area contributed by atoms with Crippen LogP contribution in [0.4, 0.5) is 0 Å². The molecule has 0 bridgehead atoms. The lowest BCUT2D eigenvalue weighted by molar-refractivity contribution is 0.0826. The molecule has 4 heteroatoms. The summed E-state index contributed by atoms with van der Waals surface area (Å²) < 4.78 is 0. The first-order chi connectivity index (χ1) is 11.1. The van der Waals surface area contributed by atoms with Crippen molar-refractivity contribution in [3.05, 3.63) is 65.5 Å². The third kappa shape index (κ3) is 3.59. The SMILES string of the molecule is CC(C)(CNC(=O)c1cccnc1)N1CCc2ccccc2C1. The number of benzene rings is 1. The highest BCUT2D eigenvalue weighted by Crippen LogP contribution is 2.24. The highest BCUT2D eigenvalue weighted by atomic mass is 16.1. The Morgan fingerprint density at radius 2 is 2.00 bits per heavy atom. The van der Waals surface area contributed by atoms with Gasteiger partial charge in [0, 0.05) is 37.6 Å². The summed E-state index contributed by atoms with van der Waals surface area (Å²) in [5.41, 5.74) is 3.35. The maximum atomic E-state index is 12.2. The number of nitrogens with zero attached hydrogens (tertiary/aromatic N) is 2. The van der Waals surface area contributed by atoms with Crippen molar-refractivity contribution in [2.24, 2.45) is 0 Å². The number of nitrogens with one attached hydrogen (secondary N) is 1. The van der Waals surface area contributed by atoms with Crippen molar-refractivity contribution in [1.82, 2.24) is 15.2 Å². The van der Waals surface area contributed by atoms with E-state index in [4.69, 9.17) is 0 Å². The first kappa shape index (κ1) is 15.7. The second kappa shape index (κ2) is 6.50. The molecule has 0 aliphatic carbocycles. The van der Waals surface area contributed by atoms with Gasteiger partial charge in [0.2, 0.25) is 0 Å². The summed E-state index contributed by atoms with van der Waals surface area (Å²) in [5.74, 6) is -0.0661. The summed E-state index contributed by atoms with van der Waals surface area (Å²) in [7, 11) is 0. The van der Waals surface area contributed by atoms with E-state index in [1.165, 1.54) is 11.1 Å². The number of amides is 1. The van der Waals surface area contributed by atoms with Crippen molar-refractivity contribution in [2.75, 3.05) is 13.1 Å². The normalized spacial score (nSPS) is 15.0. The molecule has 120 valence electrons. The summed E-state index contributed by atoms with van der Waals surface area (Å²) in [5, 5.41) is 3.04. The van der Waals surface area contributed by atoms with E-state index in [-0.39, 0.29) is 11.4 Å². The van der Waals surface area contributed by atoms with Gasteiger partial charge in [0.25, 0.3) is 5.91 Å². The molecule has 0 radical (unpaired) electrons. The molecule has 0 unspecified atom stereocenters. The number of hydrogen-bond donors (Lipinski definition) is 1. The van der Waals surface area contributed by atoms with E-state index >= 15 is 0 Å². The van der Waals surface area contributed by atoms with Crippen molar-refractivity contribution in [3.8, 4) is 0 Å². The number of pyridine rings is 1. The van der Waals surface area contributed by atoms with E-state index in [1.54, 1.807) is 24.5 Å². The predicted octanol–water partition coefficient (Wildman–Crippen LogP) is 2.65.